The third kappa shape index (κ3) is 3.04. The molecule has 16 heavy (non-hydrogen) atoms. The van der Waals surface area contributed by atoms with Crippen LogP contribution < -0.4 is 4.90 Å². The van der Waals surface area contributed by atoms with E-state index in [9.17, 15) is 9.18 Å². The molecule has 0 saturated carbocycles. The molecule has 0 spiro atoms. The van der Waals surface area contributed by atoms with Crippen LogP contribution in [0, 0.1) is 5.82 Å². The van der Waals surface area contributed by atoms with Crippen molar-refractivity contribution < 1.29 is 9.18 Å². The Morgan fingerprint density at radius 2 is 2.19 bits per heavy atom. The topological polar surface area (TPSA) is 20.3 Å². The highest BCUT2D eigenvalue weighted by molar-refractivity contribution is 9.10. The van der Waals surface area contributed by atoms with E-state index >= 15 is 0 Å². The number of anilines is 1. The number of carbonyl (C=O) groups excluding carboxylic acids is 1. The van der Waals surface area contributed by atoms with Crippen LogP contribution in [0.25, 0.3) is 0 Å². The van der Waals surface area contributed by atoms with Crippen LogP contribution in [0.2, 0.25) is 0 Å². The number of amides is 1. The third-order valence-electron chi connectivity index (χ3n) is 2.33. The van der Waals surface area contributed by atoms with E-state index in [0.717, 1.165) is 0 Å². The van der Waals surface area contributed by atoms with Gasteiger partial charge in [-0.15, -0.1) is 0 Å². The van der Waals surface area contributed by atoms with Gasteiger partial charge in [0.1, 0.15) is 5.82 Å². The Kier molecular flexibility index (Phi) is 4.93. The minimum absolute atomic E-state index is 0.0319. The molecule has 0 aliphatic carbocycles. The summed E-state index contributed by atoms with van der Waals surface area (Å²) in [6, 6.07) is 6.08. The highest BCUT2D eigenvalue weighted by atomic mass is 79.9. The zero-order chi connectivity index (χ0) is 12.1. The molecule has 0 bridgehead atoms. The number of benzene rings is 1. The molecule has 1 amide bonds. The van der Waals surface area contributed by atoms with Crippen molar-refractivity contribution in [2.45, 2.75) is 25.1 Å². The molecule has 0 radical (unpaired) electrons. The van der Waals surface area contributed by atoms with Crippen molar-refractivity contribution in [2.75, 3.05) is 11.4 Å². The van der Waals surface area contributed by atoms with Crippen LogP contribution in [0.1, 0.15) is 20.3 Å². The molecule has 0 heterocycles. The van der Waals surface area contributed by atoms with Crippen LogP contribution >= 0.6 is 15.9 Å². The molecule has 0 aliphatic rings. The molecule has 0 aromatic heterocycles. The van der Waals surface area contributed by atoms with E-state index in [1.165, 1.54) is 12.1 Å². The van der Waals surface area contributed by atoms with Crippen molar-refractivity contribution in [3.8, 4) is 0 Å². The molecule has 1 aromatic rings. The quantitative estimate of drug-likeness (QED) is 0.778. The number of hydrogen-bond acceptors (Lipinski definition) is 1. The number of halogens is 2. The first-order valence-electron chi connectivity index (χ1n) is 5.31. The zero-order valence-corrected chi connectivity index (χ0v) is 11.0. The molecule has 2 nitrogen and oxygen atoms in total. The number of nitrogens with zero attached hydrogens (tertiary/aromatic N) is 1. The standard InChI is InChI=1S/C12H15BrFNO/c1-3-11(13)12(16)15(4-2)10-7-5-6-9(14)8-10/h5-8,11H,3-4H2,1-2H3. The number of carbonyl (C=O) groups is 1. The van der Waals surface area contributed by atoms with E-state index in [0.29, 0.717) is 18.7 Å². The SMILES string of the molecule is CCC(Br)C(=O)N(CC)c1cccc(F)c1. The smallest absolute Gasteiger partial charge is 0.240 e. The van der Waals surface area contributed by atoms with E-state index in [4.69, 9.17) is 0 Å². The molecule has 88 valence electrons. The van der Waals surface area contributed by atoms with Crippen LogP contribution in [0.5, 0.6) is 0 Å². The van der Waals surface area contributed by atoms with E-state index in [-0.39, 0.29) is 16.6 Å². The lowest BCUT2D eigenvalue weighted by Gasteiger charge is -2.23. The van der Waals surface area contributed by atoms with Gasteiger partial charge in [-0.25, -0.2) is 4.39 Å². The van der Waals surface area contributed by atoms with Gasteiger partial charge in [0.25, 0.3) is 0 Å². The first-order valence-corrected chi connectivity index (χ1v) is 6.22. The number of hydrogen-bond donors (Lipinski definition) is 0. The second-order valence-corrected chi connectivity index (χ2v) is 4.54. The molecule has 0 N–H and O–H groups in total. The molecule has 1 atom stereocenters. The minimum Gasteiger partial charge on any atom is -0.312 e. The van der Waals surface area contributed by atoms with Crippen LogP contribution in [-0.2, 0) is 4.79 Å². The van der Waals surface area contributed by atoms with Crippen molar-refractivity contribution in [1.29, 1.82) is 0 Å². The van der Waals surface area contributed by atoms with Gasteiger partial charge in [0.05, 0.1) is 4.83 Å². The van der Waals surface area contributed by atoms with Crippen LogP contribution in [0.4, 0.5) is 10.1 Å². The summed E-state index contributed by atoms with van der Waals surface area (Å²) in [4.78, 5) is 13.3. The summed E-state index contributed by atoms with van der Waals surface area (Å²) >= 11 is 3.31. The van der Waals surface area contributed by atoms with Crippen molar-refractivity contribution in [3.05, 3.63) is 30.1 Å². The fourth-order valence-electron chi connectivity index (χ4n) is 1.45. The molecule has 4 heteroatoms. The van der Waals surface area contributed by atoms with Crippen LogP contribution in [0.15, 0.2) is 24.3 Å². The second-order valence-electron chi connectivity index (χ2n) is 3.44. The maximum atomic E-state index is 13.1. The van der Waals surface area contributed by atoms with Gasteiger partial charge in [0.2, 0.25) is 5.91 Å². The highest BCUT2D eigenvalue weighted by Crippen LogP contribution is 2.19. The lowest BCUT2D eigenvalue weighted by molar-refractivity contribution is -0.118. The van der Waals surface area contributed by atoms with Gasteiger partial charge in [-0.3, -0.25) is 4.79 Å². The molecule has 0 saturated heterocycles. The fraction of sp³-hybridized carbons (Fsp3) is 0.417. The van der Waals surface area contributed by atoms with Crippen LogP contribution in [0.3, 0.4) is 0 Å². The molecule has 0 fully saturated rings. The van der Waals surface area contributed by atoms with Crippen LogP contribution in [-0.4, -0.2) is 17.3 Å². The van der Waals surface area contributed by atoms with E-state index < -0.39 is 0 Å². The monoisotopic (exact) mass is 287 g/mol. The first-order chi connectivity index (χ1) is 7.60. The largest absolute Gasteiger partial charge is 0.312 e. The molecule has 1 aromatic carbocycles. The Balaban J connectivity index is 2.94. The minimum atomic E-state index is -0.327. The van der Waals surface area contributed by atoms with E-state index in [1.54, 1.807) is 17.0 Å². The summed E-state index contributed by atoms with van der Waals surface area (Å²) in [5.74, 6) is -0.359. The van der Waals surface area contributed by atoms with Gasteiger partial charge >= 0.3 is 0 Å². The predicted molar refractivity (Wildman–Crippen MR) is 67.4 cm³/mol. The summed E-state index contributed by atoms with van der Waals surface area (Å²) in [5, 5.41) is 0. The number of alkyl halides is 1. The Hall–Kier alpha value is -0.900. The van der Waals surface area contributed by atoms with Crippen molar-refractivity contribution >= 4 is 27.5 Å². The molecular weight excluding hydrogens is 273 g/mol. The summed E-state index contributed by atoms with van der Waals surface area (Å²) in [5.41, 5.74) is 0.602. The third-order valence-corrected chi connectivity index (χ3v) is 3.37. The lowest BCUT2D eigenvalue weighted by Crippen LogP contribution is -2.36. The molecule has 1 unspecified atom stereocenters. The van der Waals surface area contributed by atoms with Gasteiger partial charge in [0, 0.05) is 12.2 Å². The predicted octanol–water partition coefficient (Wildman–Crippen LogP) is 3.35. The Morgan fingerprint density at radius 1 is 1.50 bits per heavy atom. The number of rotatable bonds is 4. The summed E-state index contributed by atoms with van der Waals surface area (Å²) in [7, 11) is 0. The van der Waals surface area contributed by atoms with Gasteiger partial charge in [-0.2, -0.15) is 0 Å². The average Bonchev–Trinajstić information content (AvgIpc) is 2.29. The van der Waals surface area contributed by atoms with Gasteiger partial charge < -0.3 is 4.90 Å². The van der Waals surface area contributed by atoms with Crippen molar-refractivity contribution in [3.63, 3.8) is 0 Å². The zero-order valence-electron chi connectivity index (χ0n) is 9.41. The summed E-state index contributed by atoms with van der Waals surface area (Å²) in [6.07, 6.45) is 0.713. The molecular formula is C12H15BrFNO. The normalized spacial score (nSPS) is 12.2. The van der Waals surface area contributed by atoms with Gasteiger partial charge in [-0.05, 0) is 31.5 Å². The van der Waals surface area contributed by atoms with E-state index in [2.05, 4.69) is 15.9 Å². The maximum Gasteiger partial charge on any atom is 0.240 e. The summed E-state index contributed by atoms with van der Waals surface area (Å²) < 4.78 is 13.1. The Labute approximate surface area is 104 Å². The van der Waals surface area contributed by atoms with Crippen molar-refractivity contribution in [2.24, 2.45) is 0 Å². The maximum absolute atomic E-state index is 13.1. The first kappa shape index (κ1) is 13.2. The summed E-state index contributed by atoms with van der Waals surface area (Å²) in [6.45, 7) is 4.33. The van der Waals surface area contributed by atoms with Gasteiger partial charge in [0.15, 0.2) is 0 Å². The fourth-order valence-corrected chi connectivity index (χ4v) is 1.70. The average molecular weight is 288 g/mol. The lowest BCUT2D eigenvalue weighted by atomic mass is 10.2. The van der Waals surface area contributed by atoms with Gasteiger partial charge in [-0.1, -0.05) is 28.9 Å². The van der Waals surface area contributed by atoms with E-state index in [1.807, 2.05) is 13.8 Å². The Bertz CT molecular complexity index is 370. The molecule has 1 rings (SSSR count). The molecule has 0 aliphatic heterocycles. The Morgan fingerprint density at radius 3 is 2.69 bits per heavy atom. The van der Waals surface area contributed by atoms with Crippen molar-refractivity contribution in [1.82, 2.24) is 0 Å². The second kappa shape index (κ2) is 5.99. The highest BCUT2D eigenvalue weighted by Gasteiger charge is 2.20.